The largest absolute Gasteiger partial charge is 0.477 e. The summed E-state index contributed by atoms with van der Waals surface area (Å²) in [7, 11) is 0. The Morgan fingerprint density at radius 3 is 2.57 bits per heavy atom. The van der Waals surface area contributed by atoms with Crippen molar-refractivity contribution in [3.63, 3.8) is 0 Å². The number of thioether (sulfide) groups is 1. The van der Waals surface area contributed by atoms with E-state index in [0.29, 0.717) is 6.10 Å². The van der Waals surface area contributed by atoms with Crippen molar-refractivity contribution in [2.75, 3.05) is 18.1 Å². The van der Waals surface area contributed by atoms with Crippen LogP contribution in [0.4, 0.5) is 0 Å². The van der Waals surface area contributed by atoms with Gasteiger partial charge in [-0.2, -0.15) is 11.8 Å². The standard InChI is InChI=1S/C20H39NOS/c1-3-5-7-13-17-23-18-19(14-10-6-4-2)22-20-15-11-8-9-12-16-21-20/h19H,3-18H2,1-2H3. The molecule has 1 atom stereocenters. The fourth-order valence-corrected chi connectivity index (χ4v) is 4.03. The van der Waals surface area contributed by atoms with Gasteiger partial charge < -0.3 is 4.74 Å². The summed E-state index contributed by atoms with van der Waals surface area (Å²) in [5.41, 5.74) is 0. The molecule has 0 saturated carbocycles. The van der Waals surface area contributed by atoms with Crippen molar-refractivity contribution < 1.29 is 4.74 Å². The van der Waals surface area contributed by atoms with Gasteiger partial charge in [-0.15, -0.1) is 0 Å². The Balaban J connectivity index is 2.31. The summed E-state index contributed by atoms with van der Waals surface area (Å²) in [6.07, 6.45) is 17.2. The fraction of sp³-hybridized carbons (Fsp3) is 0.950. The molecule has 0 aromatic carbocycles. The predicted molar refractivity (Wildman–Crippen MR) is 106 cm³/mol. The minimum atomic E-state index is 0.385. The molecular weight excluding hydrogens is 302 g/mol. The molecule has 0 aromatic heterocycles. The van der Waals surface area contributed by atoms with Crippen molar-refractivity contribution in [3.8, 4) is 0 Å². The monoisotopic (exact) mass is 341 g/mol. The Morgan fingerprint density at radius 2 is 1.74 bits per heavy atom. The lowest BCUT2D eigenvalue weighted by Crippen LogP contribution is -2.22. The summed E-state index contributed by atoms with van der Waals surface area (Å²) in [4.78, 5) is 4.71. The van der Waals surface area contributed by atoms with Crippen molar-refractivity contribution in [1.29, 1.82) is 0 Å². The Morgan fingerprint density at radius 1 is 0.957 bits per heavy atom. The fourth-order valence-electron chi connectivity index (χ4n) is 2.96. The molecule has 0 radical (unpaired) electrons. The lowest BCUT2D eigenvalue weighted by atomic mass is 10.1. The number of ether oxygens (including phenoxy) is 1. The van der Waals surface area contributed by atoms with Gasteiger partial charge >= 0.3 is 0 Å². The molecule has 0 spiro atoms. The van der Waals surface area contributed by atoms with Gasteiger partial charge in [0, 0.05) is 18.7 Å². The predicted octanol–water partition coefficient (Wildman–Crippen LogP) is 6.63. The zero-order chi connectivity index (χ0) is 16.6. The summed E-state index contributed by atoms with van der Waals surface area (Å²) in [5, 5.41) is 0. The molecule has 0 bridgehead atoms. The molecule has 1 aliphatic rings. The second-order valence-corrected chi connectivity index (χ2v) is 7.96. The Bertz CT molecular complexity index is 293. The highest BCUT2D eigenvalue weighted by Crippen LogP contribution is 2.18. The first-order valence-corrected chi connectivity index (χ1v) is 11.3. The SMILES string of the molecule is CCCCCCSCC(CCCCC)OC1=NCCCCCC1. The van der Waals surface area contributed by atoms with E-state index in [-0.39, 0.29) is 0 Å². The number of hydrogen-bond donors (Lipinski definition) is 0. The van der Waals surface area contributed by atoms with Crippen LogP contribution in [0.15, 0.2) is 4.99 Å². The van der Waals surface area contributed by atoms with Crippen LogP contribution in [0.1, 0.15) is 97.3 Å². The first-order valence-electron chi connectivity index (χ1n) is 10.1. The Hall–Kier alpha value is -0.180. The second kappa shape index (κ2) is 15.4. The number of unbranched alkanes of at least 4 members (excludes halogenated alkanes) is 5. The second-order valence-electron chi connectivity index (χ2n) is 6.81. The first kappa shape index (κ1) is 20.9. The van der Waals surface area contributed by atoms with E-state index in [1.807, 2.05) is 0 Å². The highest BCUT2D eigenvalue weighted by Gasteiger charge is 2.14. The minimum absolute atomic E-state index is 0.385. The van der Waals surface area contributed by atoms with E-state index < -0.39 is 0 Å². The molecule has 0 N–H and O–H groups in total. The van der Waals surface area contributed by atoms with Gasteiger partial charge in [0.25, 0.3) is 0 Å². The van der Waals surface area contributed by atoms with E-state index in [4.69, 9.17) is 9.73 Å². The Labute approximate surface area is 149 Å². The van der Waals surface area contributed by atoms with Crippen molar-refractivity contribution in [2.24, 2.45) is 4.99 Å². The van der Waals surface area contributed by atoms with E-state index >= 15 is 0 Å². The van der Waals surface area contributed by atoms with Gasteiger partial charge in [0.1, 0.15) is 6.10 Å². The number of rotatable bonds is 12. The van der Waals surface area contributed by atoms with E-state index in [1.54, 1.807) is 0 Å². The molecule has 1 unspecified atom stereocenters. The van der Waals surface area contributed by atoms with Crippen LogP contribution in [-0.2, 0) is 4.74 Å². The molecule has 0 aromatic rings. The van der Waals surface area contributed by atoms with Crippen LogP contribution in [0.2, 0.25) is 0 Å². The van der Waals surface area contributed by atoms with E-state index in [1.165, 1.54) is 82.8 Å². The zero-order valence-corrected chi connectivity index (χ0v) is 16.5. The Kier molecular flexibility index (Phi) is 13.9. The summed E-state index contributed by atoms with van der Waals surface area (Å²) < 4.78 is 6.33. The van der Waals surface area contributed by atoms with Gasteiger partial charge in [0.2, 0.25) is 0 Å². The van der Waals surface area contributed by atoms with Gasteiger partial charge in [-0.3, -0.25) is 4.99 Å². The molecule has 1 heterocycles. The molecule has 1 aliphatic heterocycles. The van der Waals surface area contributed by atoms with Gasteiger partial charge in [-0.05, 0) is 37.9 Å². The molecule has 0 amide bonds. The average Bonchev–Trinajstić information content (AvgIpc) is 2.53. The summed E-state index contributed by atoms with van der Waals surface area (Å²) >= 11 is 2.09. The third-order valence-corrected chi connectivity index (χ3v) is 5.65. The van der Waals surface area contributed by atoms with Crippen molar-refractivity contribution >= 4 is 17.7 Å². The van der Waals surface area contributed by atoms with Crippen LogP contribution in [-0.4, -0.2) is 30.1 Å². The maximum absolute atomic E-state index is 6.33. The van der Waals surface area contributed by atoms with Crippen LogP contribution >= 0.6 is 11.8 Å². The molecule has 23 heavy (non-hydrogen) atoms. The third-order valence-electron chi connectivity index (χ3n) is 4.47. The van der Waals surface area contributed by atoms with Crippen LogP contribution in [0.5, 0.6) is 0 Å². The van der Waals surface area contributed by atoms with Crippen molar-refractivity contribution in [3.05, 3.63) is 0 Å². The maximum atomic E-state index is 6.33. The summed E-state index contributed by atoms with van der Waals surface area (Å²) in [6, 6.07) is 0. The average molecular weight is 342 g/mol. The van der Waals surface area contributed by atoms with Crippen LogP contribution in [0.25, 0.3) is 0 Å². The first-order chi connectivity index (χ1) is 11.4. The smallest absolute Gasteiger partial charge is 0.183 e. The van der Waals surface area contributed by atoms with Gasteiger partial charge in [-0.25, -0.2) is 0 Å². The van der Waals surface area contributed by atoms with Crippen LogP contribution < -0.4 is 0 Å². The van der Waals surface area contributed by atoms with Gasteiger partial charge in [-0.1, -0.05) is 58.8 Å². The van der Waals surface area contributed by atoms with Gasteiger partial charge in [0.15, 0.2) is 5.90 Å². The minimum Gasteiger partial charge on any atom is -0.477 e. The normalized spacial score (nSPS) is 17.2. The third kappa shape index (κ3) is 11.9. The highest BCUT2D eigenvalue weighted by molar-refractivity contribution is 7.99. The van der Waals surface area contributed by atoms with Crippen molar-refractivity contribution in [1.82, 2.24) is 0 Å². The van der Waals surface area contributed by atoms with E-state index in [2.05, 4.69) is 25.6 Å². The zero-order valence-electron chi connectivity index (χ0n) is 15.7. The molecule has 1 rings (SSSR count). The highest BCUT2D eigenvalue weighted by atomic mass is 32.2. The molecule has 2 nitrogen and oxygen atoms in total. The molecule has 0 fully saturated rings. The molecule has 3 heteroatoms. The van der Waals surface area contributed by atoms with E-state index in [0.717, 1.165) is 24.6 Å². The number of aliphatic imine (C=N–C) groups is 1. The lowest BCUT2D eigenvalue weighted by Gasteiger charge is -2.21. The van der Waals surface area contributed by atoms with E-state index in [9.17, 15) is 0 Å². The van der Waals surface area contributed by atoms with Crippen molar-refractivity contribution in [2.45, 2.75) is 103 Å². The maximum Gasteiger partial charge on any atom is 0.183 e. The lowest BCUT2D eigenvalue weighted by molar-refractivity contribution is 0.189. The molecular formula is C20H39NOS. The quantitative estimate of drug-likeness (QED) is 0.372. The topological polar surface area (TPSA) is 21.6 Å². The number of hydrogen-bond acceptors (Lipinski definition) is 3. The molecule has 136 valence electrons. The van der Waals surface area contributed by atoms with Crippen LogP contribution in [0, 0.1) is 0 Å². The summed E-state index contributed by atoms with van der Waals surface area (Å²) in [6.45, 7) is 5.53. The molecule has 0 saturated heterocycles. The van der Waals surface area contributed by atoms with Gasteiger partial charge in [0.05, 0.1) is 0 Å². The number of nitrogens with zero attached hydrogens (tertiary/aromatic N) is 1. The molecule has 0 aliphatic carbocycles. The van der Waals surface area contributed by atoms with Crippen LogP contribution in [0.3, 0.4) is 0 Å². The summed E-state index contributed by atoms with van der Waals surface area (Å²) in [5.74, 6) is 3.49.